The molecule has 0 radical (unpaired) electrons. The van der Waals surface area contributed by atoms with E-state index in [1.54, 1.807) is 0 Å². The molecule has 138 valence electrons. The molecular formula is C20H31N3O2. The quantitative estimate of drug-likeness (QED) is 0.794. The van der Waals surface area contributed by atoms with Gasteiger partial charge in [-0.3, -0.25) is 9.69 Å². The van der Waals surface area contributed by atoms with Crippen LogP contribution in [0.5, 0.6) is 0 Å². The molecule has 2 aliphatic rings. The molecule has 1 aliphatic heterocycles. The lowest BCUT2D eigenvalue weighted by Gasteiger charge is -2.31. The maximum atomic E-state index is 12.3. The summed E-state index contributed by atoms with van der Waals surface area (Å²) in [5.74, 6) is 0.117. The number of morpholine rings is 1. The minimum atomic E-state index is 0.117. The van der Waals surface area contributed by atoms with Crippen molar-refractivity contribution < 1.29 is 9.53 Å². The lowest BCUT2D eigenvalue weighted by molar-refractivity contribution is -0.121. The van der Waals surface area contributed by atoms with E-state index in [4.69, 9.17) is 4.74 Å². The predicted octanol–water partition coefficient (Wildman–Crippen LogP) is 2.02. The average molecular weight is 345 g/mol. The largest absolute Gasteiger partial charge is 0.379 e. The summed E-state index contributed by atoms with van der Waals surface area (Å²) in [7, 11) is 0. The number of hydrogen-bond donors (Lipinski definition) is 2. The highest BCUT2D eigenvalue weighted by Gasteiger charge is 2.21. The number of amides is 1. The average Bonchev–Trinajstić information content (AvgIpc) is 3.13. The maximum Gasteiger partial charge on any atom is 0.234 e. The van der Waals surface area contributed by atoms with Gasteiger partial charge in [-0.15, -0.1) is 0 Å². The number of ether oxygens (including phenoxy) is 1. The van der Waals surface area contributed by atoms with E-state index in [0.29, 0.717) is 12.6 Å². The Kier molecular flexibility index (Phi) is 6.84. The first-order valence-corrected chi connectivity index (χ1v) is 9.60. The Morgan fingerprint density at radius 3 is 2.56 bits per heavy atom. The molecule has 2 N–H and O–H groups in total. The fourth-order valence-corrected chi connectivity index (χ4v) is 3.69. The molecule has 1 aromatic carbocycles. The molecule has 1 aliphatic carbocycles. The van der Waals surface area contributed by atoms with E-state index in [0.717, 1.165) is 45.7 Å². The van der Waals surface area contributed by atoms with Gasteiger partial charge in [-0.25, -0.2) is 0 Å². The summed E-state index contributed by atoms with van der Waals surface area (Å²) in [5.41, 5.74) is 2.50. The topological polar surface area (TPSA) is 53.6 Å². The Bertz CT molecular complexity index is 534. The van der Waals surface area contributed by atoms with Crippen molar-refractivity contribution >= 4 is 5.91 Å². The van der Waals surface area contributed by atoms with Crippen molar-refractivity contribution in [2.45, 2.75) is 44.7 Å². The molecule has 1 amide bonds. The second-order valence-corrected chi connectivity index (χ2v) is 7.31. The SMILES string of the molecule is Cc1ccc([C@@H](CN2CCOCC2)NCC(=O)NC2CCCC2)cc1. The molecule has 0 bridgehead atoms. The van der Waals surface area contributed by atoms with E-state index in [2.05, 4.69) is 46.7 Å². The van der Waals surface area contributed by atoms with E-state index >= 15 is 0 Å². The summed E-state index contributed by atoms with van der Waals surface area (Å²) in [6.07, 6.45) is 4.73. The van der Waals surface area contributed by atoms with Gasteiger partial charge in [0.1, 0.15) is 0 Å². The fourth-order valence-electron chi connectivity index (χ4n) is 3.69. The zero-order valence-electron chi connectivity index (χ0n) is 15.3. The standard InChI is InChI=1S/C20H31N3O2/c1-16-6-8-17(9-7-16)19(15-23-10-12-25-13-11-23)21-14-20(24)22-18-4-2-3-5-18/h6-9,18-19,21H,2-5,10-15H2,1H3,(H,22,24)/t19-/m1/s1. The molecule has 1 saturated heterocycles. The van der Waals surface area contributed by atoms with Crippen LogP contribution in [0.1, 0.15) is 42.9 Å². The Balaban J connectivity index is 1.56. The van der Waals surface area contributed by atoms with Crippen molar-refractivity contribution in [3.05, 3.63) is 35.4 Å². The van der Waals surface area contributed by atoms with Crippen LogP contribution in [0.4, 0.5) is 0 Å². The molecule has 5 nitrogen and oxygen atoms in total. The van der Waals surface area contributed by atoms with Gasteiger partial charge in [0.25, 0.3) is 0 Å². The van der Waals surface area contributed by atoms with Gasteiger partial charge < -0.3 is 15.4 Å². The van der Waals surface area contributed by atoms with Crippen LogP contribution in [0, 0.1) is 6.92 Å². The molecule has 1 atom stereocenters. The molecule has 1 heterocycles. The Hall–Kier alpha value is -1.43. The number of rotatable bonds is 7. The van der Waals surface area contributed by atoms with E-state index in [9.17, 15) is 4.79 Å². The second-order valence-electron chi connectivity index (χ2n) is 7.31. The van der Waals surface area contributed by atoms with Crippen molar-refractivity contribution in [1.29, 1.82) is 0 Å². The van der Waals surface area contributed by atoms with Crippen LogP contribution >= 0.6 is 0 Å². The summed E-state index contributed by atoms with van der Waals surface area (Å²) in [6, 6.07) is 9.16. The molecule has 3 rings (SSSR count). The van der Waals surface area contributed by atoms with Crippen LogP contribution in [-0.4, -0.2) is 56.2 Å². The van der Waals surface area contributed by atoms with Crippen molar-refractivity contribution in [2.24, 2.45) is 0 Å². The number of nitrogens with one attached hydrogen (secondary N) is 2. The highest BCUT2D eigenvalue weighted by atomic mass is 16.5. The number of nitrogens with zero attached hydrogens (tertiary/aromatic N) is 1. The summed E-state index contributed by atoms with van der Waals surface area (Å²) < 4.78 is 5.45. The van der Waals surface area contributed by atoms with Crippen molar-refractivity contribution in [2.75, 3.05) is 39.4 Å². The molecule has 1 aromatic rings. The normalized spacial score (nSPS) is 20.5. The summed E-state index contributed by atoms with van der Waals surface area (Å²) in [5, 5.41) is 6.65. The van der Waals surface area contributed by atoms with Crippen molar-refractivity contribution in [3.63, 3.8) is 0 Å². The number of carbonyl (C=O) groups excluding carboxylic acids is 1. The van der Waals surface area contributed by atoms with Gasteiger partial charge in [0.2, 0.25) is 5.91 Å². The van der Waals surface area contributed by atoms with E-state index in [1.165, 1.54) is 24.0 Å². The maximum absolute atomic E-state index is 12.3. The third-order valence-corrected chi connectivity index (χ3v) is 5.25. The first kappa shape index (κ1) is 18.4. The first-order chi connectivity index (χ1) is 12.2. The minimum Gasteiger partial charge on any atom is -0.379 e. The lowest BCUT2D eigenvalue weighted by Crippen LogP contribution is -2.45. The van der Waals surface area contributed by atoms with Gasteiger partial charge in [0, 0.05) is 31.7 Å². The highest BCUT2D eigenvalue weighted by Crippen LogP contribution is 2.18. The molecule has 2 fully saturated rings. The van der Waals surface area contributed by atoms with Gasteiger partial charge in [-0.05, 0) is 25.3 Å². The van der Waals surface area contributed by atoms with Crippen LogP contribution in [-0.2, 0) is 9.53 Å². The van der Waals surface area contributed by atoms with E-state index < -0.39 is 0 Å². The molecule has 0 spiro atoms. The number of benzene rings is 1. The molecule has 0 unspecified atom stereocenters. The lowest BCUT2D eigenvalue weighted by atomic mass is 10.0. The summed E-state index contributed by atoms with van der Waals surface area (Å²) in [6.45, 7) is 6.88. The third kappa shape index (κ3) is 5.80. The van der Waals surface area contributed by atoms with Crippen LogP contribution in [0.25, 0.3) is 0 Å². The van der Waals surface area contributed by atoms with Crippen molar-refractivity contribution in [3.8, 4) is 0 Å². The summed E-state index contributed by atoms with van der Waals surface area (Å²) >= 11 is 0. The molecule has 1 saturated carbocycles. The van der Waals surface area contributed by atoms with Gasteiger partial charge >= 0.3 is 0 Å². The van der Waals surface area contributed by atoms with Gasteiger partial charge in [-0.1, -0.05) is 42.7 Å². The van der Waals surface area contributed by atoms with Gasteiger partial charge in [0.05, 0.1) is 19.8 Å². The second kappa shape index (κ2) is 9.32. The van der Waals surface area contributed by atoms with E-state index in [-0.39, 0.29) is 11.9 Å². The smallest absolute Gasteiger partial charge is 0.234 e. The van der Waals surface area contributed by atoms with Crippen LogP contribution in [0.2, 0.25) is 0 Å². The zero-order chi connectivity index (χ0) is 17.5. The molecule has 0 aromatic heterocycles. The fraction of sp³-hybridized carbons (Fsp3) is 0.650. The molecule has 5 heteroatoms. The zero-order valence-corrected chi connectivity index (χ0v) is 15.3. The monoisotopic (exact) mass is 345 g/mol. The summed E-state index contributed by atoms with van der Waals surface area (Å²) in [4.78, 5) is 14.7. The minimum absolute atomic E-state index is 0.117. The van der Waals surface area contributed by atoms with E-state index in [1.807, 2.05) is 0 Å². The number of aryl methyl sites for hydroxylation is 1. The van der Waals surface area contributed by atoms with Gasteiger partial charge in [0.15, 0.2) is 0 Å². The first-order valence-electron chi connectivity index (χ1n) is 9.60. The highest BCUT2D eigenvalue weighted by molar-refractivity contribution is 5.78. The Labute approximate surface area is 151 Å². The van der Waals surface area contributed by atoms with Crippen LogP contribution in [0.3, 0.4) is 0 Å². The van der Waals surface area contributed by atoms with Crippen molar-refractivity contribution in [1.82, 2.24) is 15.5 Å². The molecular weight excluding hydrogens is 314 g/mol. The Morgan fingerprint density at radius 1 is 1.20 bits per heavy atom. The number of hydrogen-bond acceptors (Lipinski definition) is 4. The van der Waals surface area contributed by atoms with Crippen LogP contribution in [0.15, 0.2) is 24.3 Å². The van der Waals surface area contributed by atoms with Gasteiger partial charge in [-0.2, -0.15) is 0 Å². The Morgan fingerprint density at radius 2 is 1.88 bits per heavy atom. The molecule has 25 heavy (non-hydrogen) atoms. The third-order valence-electron chi connectivity index (χ3n) is 5.25. The van der Waals surface area contributed by atoms with Crippen LogP contribution < -0.4 is 10.6 Å². The number of carbonyl (C=O) groups is 1. The predicted molar refractivity (Wildman–Crippen MR) is 99.6 cm³/mol.